The number of aliphatic hydroxyl groups excluding tert-OH is 1. The molecule has 12 amide bonds. The largest absolute Gasteiger partial charge is 0.508 e. The van der Waals surface area contributed by atoms with Crippen molar-refractivity contribution >= 4 is 99.2 Å². The molecule has 4 aromatic carbocycles. The summed E-state index contributed by atoms with van der Waals surface area (Å²) in [5.41, 5.74) is 25.7. The van der Waals surface area contributed by atoms with Crippen molar-refractivity contribution in [2.75, 3.05) is 26.2 Å². The molecule has 0 aliphatic carbocycles. The van der Waals surface area contributed by atoms with Crippen LogP contribution in [0.25, 0.3) is 10.8 Å². The van der Waals surface area contributed by atoms with Gasteiger partial charge in [0, 0.05) is 44.3 Å². The molecule has 22 N–H and O–H groups in total. The van der Waals surface area contributed by atoms with E-state index in [1.165, 1.54) is 48.2 Å². The Hall–Kier alpha value is -9.98. The molecule has 526 valence electrons. The van der Waals surface area contributed by atoms with Gasteiger partial charge in [-0.15, -0.1) is 0 Å². The quantitative estimate of drug-likeness (QED) is 0.00546. The molecule has 1 heterocycles. The van der Waals surface area contributed by atoms with Crippen LogP contribution < -0.4 is 82.1 Å². The van der Waals surface area contributed by atoms with Gasteiger partial charge in [0.15, 0.2) is 5.96 Å². The Morgan fingerprint density at radius 2 is 1.07 bits per heavy atom. The van der Waals surface area contributed by atoms with Crippen LogP contribution in [0.4, 0.5) is 0 Å². The number of nitrogens with two attached hydrogens (primary N) is 5. The summed E-state index contributed by atoms with van der Waals surface area (Å²) in [6, 6.07) is 10.4. The van der Waals surface area contributed by atoms with E-state index in [2.05, 4.69) is 52.8 Å². The van der Waals surface area contributed by atoms with E-state index >= 15 is 9.59 Å². The van der Waals surface area contributed by atoms with E-state index in [-0.39, 0.29) is 95.0 Å². The molecule has 0 unspecified atom stereocenters. The van der Waals surface area contributed by atoms with Crippen molar-refractivity contribution in [1.82, 2.24) is 58.2 Å². The summed E-state index contributed by atoms with van der Waals surface area (Å²) in [5, 5.41) is 46.3. The van der Waals surface area contributed by atoms with Gasteiger partial charge in [-0.2, -0.15) is 0 Å². The minimum absolute atomic E-state index is 0.00520. The van der Waals surface area contributed by atoms with Crippen LogP contribution in [-0.2, 0) is 76.8 Å². The average molecular weight is 1370 g/mol. The molecule has 1 fully saturated rings. The molecule has 0 radical (unpaired) electrons. The second-order valence-corrected chi connectivity index (χ2v) is 24.5. The first-order valence-electron chi connectivity index (χ1n) is 31.8. The number of halogens is 1. The molecule has 32 heteroatoms. The number of nitrogens with zero attached hydrogens (tertiary/aromatic N) is 2. The molecule has 1 aliphatic rings. The molecule has 1 aliphatic heterocycles. The first kappa shape index (κ1) is 77.7. The average Bonchev–Trinajstić information content (AvgIpc) is 1.82. The van der Waals surface area contributed by atoms with Gasteiger partial charge < -0.3 is 85.9 Å². The van der Waals surface area contributed by atoms with Crippen LogP contribution in [0, 0.1) is 5.92 Å². The number of nitrogens with one attached hydrogen (secondary N) is 10. The molecule has 10 atom stereocenters. The van der Waals surface area contributed by atoms with Crippen molar-refractivity contribution in [3.8, 4) is 5.75 Å². The van der Waals surface area contributed by atoms with E-state index < -0.39 is 144 Å². The lowest BCUT2D eigenvalue weighted by molar-refractivity contribution is -0.142. The Bertz CT molecular complexity index is 3450. The number of aliphatic imine (C=N–C) groups is 1. The molecule has 31 nitrogen and oxygen atoms in total. The van der Waals surface area contributed by atoms with Crippen molar-refractivity contribution in [1.29, 1.82) is 0 Å². The minimum Gasteiger partial charge on any atom is -0.508 e. The fourth-order valence-electron chi connectivity index (χ4n) is 10.7. The second kappa shape index (κ2) is 38.5. The number of primary amides is 1. The molecule has 4 aromatic rings. The Kier molecular flexibility index (Phi) is 30.9. The van der Waals surface area contributed by atoms with Gasteiger partial charge in [-0.05, 0) is 116 Å². The van der Waals surface area contributed by atoms with Crippen LogP contribution >= 0.6 is 11.6 Å². The SMILES string of the molecule is CC(=O)N[C@H](CC(=O)NN)C(=O)N[C@H](Cc1ccc(Cl)cc1)C(=O)N[C@H](CCCN)C(=O)N[C@@H](CO)C(=O)N[C@@H](Cc1ccc(O)cc1)C(=O)N[C@H](Cc1ccc2ccccc2c1)C(=O)N[C@@H](CC(C)C)C(=O)N[C@@H](CCCN=C(N)N)C(=O)N1CCC[C@H]1C(=O)N[C@H](C)C(N)=O. The topological polar surface area (TPSA) is 511 Å². The fourth-order valence-corrected chi connectivity index (χ4v) is 10.8. The number of carbonyl (C=O) groups excluding carboxylic acids is 12. The number of amides is 12. The van der Waals surface area contributed by atoms with Crippen LogP contribution in [0.2, 0.25) is 5.02 Å². The maximum absolute atomic E-state index is 15.1. The van der Waals surface area contributed by atoms with Crippen LogP contribution in [0.1, 0.15) is 95.8 Å². The van der Waals surface area contributed by atoms with Gasteiger partial charge in [0.25, 0.3) is 0 Å². The highest BCUT2D eigenvalue weighted by Gasteiger charge is 2.40. The zero-order chi connectivity index (χ0) is 71.5. The zero-order valence-electron chi connectivity index (χ0n) is 54.6. The van der Waals surface area contributed by atoms with E-state index in [0.717, 1.165) is 17.7 Å². The molecular formula is C65H90ClN17O14. The third-order valence-corrected chi connectivity index (χ3v) is 16.0. The van der Waals surface area contributed by atoms with E-state index in [4.69, 9.17) is 40.4 Å². The van der Waals surface area contributed by atoms with Crippen LogP contribution in [0.3, 0.4) is 0 Å². The number of hydrazine groups is 1. The van der Waals surface area contributed by atoms with E-state index in [1.807, 2.05) is 35.8 Å². The summed E-state index contributed by atoms with van der Waals surface area (Å²) in [5.74, 6) is -5.62. The molecule has 1 saturated heterocycles. The number of likely N-dealkylation sites (tertiary alicyclic amines) is 1. The smallest absolute Gasteiger partial charge is 0.245 e. The first-order valence-corrected chi connectivity index (χ1v) is 32.1. The Morgan fingerprint density at radius 1 is 0.588 bits per heavy atom. The fraction of sp³-hybridized carbons (Fsp3) is 0.462. The molecule has 0 aromatic heterocycles. The summed E-state index contributed by atoms with van der Waals surface area (Å²) in [6.07, 6.45) is -0.542. The Balaban J connectivity index is 1.45. The van der Waals surface area contributed by atoms with Gasteiger partial charge >= 0.3 is 0 Å². The predicted molar refractivity (Wildman–Crippen MR) is 359 cm³/mol. The van der Waals surface area contributed by atoms with Crippen molar-refractivity contribution in [2.24, 2.45) is 39.7 Å². The molecule has 5 rings (SSSR count). The summed E-state index contributed by atoms with van der Waals surface area (Å²) < 4.78 is 0. The zero-order valence-corrected chi connectivity index (χ0v) is 55.3. The summed E-state index contributed by atoms with van der Waals surface area (Å²) in [4.78, 5) is 171. The molecule has 0 spiro atoms. The maximum Gasteiger partial charge on any atom is 0.245 e. The van der Waals surface area contributed by atoms with E-state index in [9.17, 15) is 58.2 Å². The monoisotopic (exact) mass is 1370 g/mol. The maximum atomic E-state index is 15.1. The summed E-state index contributed by atoms with van der Waals surface area (Å²) >= 11 is 6.12. The second-order valence-electron chi connectivity index (χ2n) is 24.1. The van der Waals surface area contributed by atoms with Crippen LogP contribution in [0.5, 0.6) is 5.75 Å². The molecule has 0 saturated carbocycles. The number of guanidine groups is 1. The highest BCUT2D eigenvalue weighted by atomic mass is 35.5. The summed E-state index contributed by atoms with van der Waals surface area (Å²) in [7, 11) is 0. The Morgan fingerprint density at radius 3 is 1.62 bits per heavy atom. The first-order chi connectivity index (χ1) is 46.1. The molecular weight excluding hydrogens is 1280 g/mol. The molecule has 0 bridgehead atoms. The third-order valence-electron chi connectivity index (χ3n) is 15.8. The molecule has 97 heavy (non-hydrogen) atoms. The van der Waals surface area contributed by atoms with Gasteiger partial charge in [0.05, 0.1) is 13.0 Å². The van der Waals surface area contributed by atoms with Gasteiger partial charge in [0.2, 0.25) is 70.9 Å². The van der Waals surface area contributed by atoms with E-state index in [1.54, 1.807) is 38.1 Å². The number of aliphatic hydroxyl groups is 1. The summed E-state index contributed by atoms with van der Waals surface area (Å²) in [6.45, 7) is 5.22. The number of rotatable bonds is 37. The lowest BCUT2D eigenvalue weighted by Crippen LogP contribution is -2.61. The Labute approximate surface area is 566 Å². The number of hydrogen-bond donors (Lipinski definition) is 17. The number of benzene rings is 4. The highest BCUT2D eigenvalue weighted by Crippen LogP contribution is 2.22. The number of phenolic OH excluding ortho intramolecular Hbond substituents is 1. The van der Waals surface area contributed by atoms with Crippen LogP contribution in [-0.4, -0.2) is 179 Å². The van der Waals surface area contributed by atoms with Gasteiger partial charge in [-0.1, -0.05) is 92.2 Å². The van der Waals surface area contributed by atoms with Gasteiger partial charge in [0.1, 0.15) is 66.2 Å². The minimum atomic E-state index is -1.83. The van der Waals surface area contributed by atoms with E-state index in [0.29, 0.717) is 28.1 Å². The number of fused-ring (bicyclic) bond motifs is 1. The number of aromatic hydroxyl groups is 1. The van der Waals surface area contributed by atoms with Gasteiger partial charge in [-0.25, -0.2) is 5.84 Å². The highest BCUT2D eigenvalue weighted by molar-refractivity contribution is 6.30. The lowest BCUT2D eigenvalue weighted by Gasteiger charge is -2.31. The number of hydrogen-bond acceptors (Lipinski definition) is 17. The predicted octanol–water partition coefficient (Wildman–Crippen LogP) is -2.68. The van der Waals surface area contributed by atoms with Crippen molar-refractivity contribution < 1.29 is 67.7 Å². The lowest BCUT2D eigenvalue weighted by atomic mass is 9.98. The van der Waals surface area contributed by atoms with Gasteiger partial charge in [-0.3, -0.25) is 68.0 Å². The van der Waals surface area contributed by atoms with Crippen molar-refractivity contribution in [3.63, 3.8) is 0 Å². The standard InChI is InChI=1S/C65H90ClN17O14/c1-35(2)28-47(57(90)76-46(13-8-26-72-65(69)70)64(97)83-27-9-14-53(83)63(96)73-36(3)55(68)88)77-60(93)50(32-40-15-20-41-10-5-6-11-42(41)29-40)79-59(92)49(31-39-18-23-44(86)24-19-39)80-62(95)52(34-84)81-56(89)45(12-7-25-67)75-58(91)48(30-38-16-21-43(66)22-17-38)78-61(94)51(74-37(4)85)33-54(87)82-71/h5-6,10-11,15-24,29,35-36,45-53,84,86H,7-9,12-14,25-28,30-34,67,71H2,1-4H3,(H2,68,88)(H,73,96)(H,74,85)(H,75,91)(H,76,90)(H,77,93)(H,78,94)(H,79,92)(H,80,95)(H,81,89)(H,82,87)(H4,69,70,72)/t36-,45-,46+,47+,48-,49+,50-,51-,52+,53+/m1/s1. The van der Waals surface area contributed by atoms with Crippen LogP contribution in [0.15, 0.2) is 96.0 Å². The normalized spacial score (nSPS) is 15.4. The van der Waals surface area contributed by atoms with Crippen molar-refractivity contribution in [2.45, 2.75) is 159 Å². The number of carbonyl (C=O) groups is 12. The van der Waals surface area contributed by atoms with Crippen molar-refractivity contribution in [3.05, 3.63) is 113 Å². The third kappa shape index (κ3) is 25.3. The number of phenols is 1.